The van der Waals surface area contributed by atoms with Gasteiger partial charge < -0.3 is 14.4 Å². The van der Waals surface area contributed by atoms with Crippen LogP contribution in [-0.2, 0) is 17.8 Å². The van der Waals surface area contributed by atoms with Crippen LogP contribution >= 0.6 is 11.6 Å². The lowest BCUT2D eigenvalue weighted by molar-refractivity contribution is 0.0519. The Balaban J connectivity index is 1.64. The van der Waals surface area contributed by atoms with Crippen LogP contribution < -0.4 is 9.64 Å². The topological polar surface area (TPSA) is 64.5 Å². The number of ether oxygens (including phenoxy) is 2. The third kappa shape index (κ3) is 4.17. The van der Waals surface area contributed by atoms with Crippen molar-refractivity contribution in [1.82, 2.24) is 9.97 Å². The third-order valence-corrected chi connectivity index (χ3v) is 4.91. The molecule has 2 aromatic carbocycles. The van der Waals surface area contributed by atoms with Crippen LogP contribution in [0.1, 0.15) is 28.4 Å². The highest BCUT2D eigenvalue weighted by Gasteiger charge is 2.25. The molecule has 6 nitrogen and oxygen atoms in total. The molecule has 29 heavy (non-hydrogen) atoms. The first-order chi connectivity index (χ1) is 14.2. The normalized spacial score (nSPS) is 12.6. The molecule has 0 fully saturated rings. The SMILES string of the molecule is CCOC(=O)c1cnc(N2CCc3ccccc32)nc1OCc1ccc(Cl)cc1. The van der Waals surface area contributed by atoms with Crippen LogP contribution in [0.4, 0.5) is 11.6 Å². The third-order valence-electron chi connectivity index (χ3n) is 4.65. The molecule has 1 aromatic heterocycles. The maximum absolute atomic E-state index is 12.3. The number of hydrogen-bond acceptors (Lipinski definition) is 6. The highest BCUT2D eigenvalue weighted by atomic mass is 35.5. The summed E-state index contributed by atoms with van der Waals surface area (Å²) in [6.45, 7) is 3.03. The van der Waals surface area contributed by atoms with E-state index in [1.165, 1.54) is 11.8 Å². The summed E-state index contributed by atoms with van der Waals surface area (Å²) in [4.78, 5) is 23.3. The van der Waals surface area contributed by atoms with Crippen LogP contribution in [-0.4, -0.2) is 29.1 Å². The summed E-state index contributed by atoms with van der Waals surface area (Å²) >= 11 is 5.94. The molecule has 0 saturated heterocycles. The Morgan fingerprint density at radius 2 is 1.97 bits per heavy atom. The molecule has 7 heteroatoms. The number of fused-ring (bicyclic) bond motifs is 1. The Morgan fingerprint density at radius 3 is 2.76 bits per heavy atom. The van der Waals surface area contributed by atoms with Crippen molar-refractivity contribution in [2.75, 3.05) is 18.1 Å². The minimum absolute atomic E-state index is 0.202. The van der Waals surface area contributed by atoms with E-state index in [0.717, 1.165) is 24.2 Å². The second kappa shape index (κ2) is 8.49. The number of halogens is 1. The molecule has 2 heterocycles. The fourth-order valence-corrected chi connectivity index (χ4v) is 3.35. The van der Waals surface area contributed by atoms with E-state index in [9.17, 15) is 4.79 Å². The fourth-order valence-electron chi connectivity index (χ4n) is 3.22. The summed E-state index contributed by atoms with van der Waals surface area (Å²) in [6.07, 6.45) is 2.39. The molecule has 0 atom stereocenters. The lowest BCUT2D eigenvalue weighted by atomic mass is 10.2. The Bertz CT molecular complexity index is 1020. The van der Waals surface area contributed by atoms with Gasteiger partial charge in [-0.2, -0.15) is 4.98 Å². The molecule has 1 aliphatic rings. The fraction of sp³-hybridized carbons (Fsp3) is 0.227. The predicted octanol–water partition coefficient (Wildman–Crippen LogP) is 4.58. The first-order valence-corrected chi connectivity index (χ1v) is 9.80. The van der Waals surface area contributed by atoms with Crippen molar-refractivity contribution in [2.24, 2.45) is 0 Å². The Morgan fingerprint density at radius 1 is 1.17 bits per heavy atom. The van der Waals surface area contributed by atoms with Crippen LogP contribution in [0, 0.1) is 0 Å². The molecule has 0 saturated carbocycles. The maximum Gasteiger partial charge on any atom is 0.345 e. The first kappa shape index (κ1) is 19.2. The summed E-state index contributed by atoms with van der Waals surface area (Å²) in [7, 11) is 0. The van der Waals surface area contributed by atoms with Crippen LogP contribution in [0.3, 0.4) is 0 Å². The first-order valence-electron chi connectivity index (χ1n) is 9.42. The number of carbonyl (C=O) groups excluding carboxylic acids is 1. The van der Waals surface area contributed by atoms with Crippen LogP contribution in [0.2, 0.25) is 5.02 Å². The molecule has 0 radical (unpaired) electrons. The molecular weight excluding hydrogens is 390 g/mol. The summed E-state index contributed by atoms with van der Waals surface area (Å²) in [5.41, 5.74) is 3.43. The number of anilines is 2. The van der Waals surface area contributed by atoms with Crippen molar-refractivity contribution in [1.29, 1.82) is 0 Å². The number of para-hydroxylation sites is 1. The van der Waals surface area contributed by atoms with Crippen molar-refractivity contribution >= 4 is 29.2 Å². The van der Waals surface area contributed by atoms with Crippen molar-refractivity contribution in [3.8, 4) is 5.88 Å². The summed E-state index contributed by atoms with van der Waals surface area (Å²) in [5.74, 6) is 0.189. The quantitative estimate of drug-likeness (QED) is 0.555. The number of carbonyl (C=O) groups is 1. The molecule has 4 rings (SSSR count). The summed E-state index contributed by atoms with van der Waals surface area (Å²) in [6, 6.07) is 15.5. The van der Waals surface area contributed by atoms with Crippen LogP contribution in [0.5, 0.6) is 5.88 Å². The molecule has 0 N–H and O–H groups in total. The van der Waals surface area contributed by atoms with Crippen LogP contribution in [0.25, 0.3) is 0 Å². The molecule has 0 bridgehead atoms. The molecule has 3 aromatic rings. The van der Waals surface area contributed by atoms with Gasteiger partial charge in [-0.25, -0.2) is 9.78 Å². The highest BCUT2D eigenvalue weighted by molar-refractivity contribution is 6.30. The Kier molecular flexibility index (Phi) is 5.62. The predicted molar refractivity (Wildman–Crippen MR) is 111 cm³/mol. The second-order valence-corrected chi connectivity index (χ2v) is 6.99. The minimum atomic E-state index is -0.507. The van der Waals surface area contributed by atoms with Gasteiger partial charge >= 0.3 is 5.97 Å². The summed E-state index contributed by atoms with van der Waals surface area (Å²) in [5, 5.41) is 0.651. The van der Waals surface area contributed by atoms with Gasteiger partial charge in [0.15, 0.2) is 0 Å². The largest absolute Gasteiger partial charge is 0.472 e. The second-order valence-electron chi connectivity index (χ2n) is 6.55. The van der Waals surface area contributed by atoms with E-state index in [1.807, 2.05) is 35.2 Å². The Labute approximate surface area is 174 Å². The average molecular weight is 410 g/mol. The lowest BCUT2D eigenvalue weighted by Gasteiger charge is -2.18. The smallest absolute Gasteiger partial charge is 0.345 e. The monoisotopic (exact) mass is 409 g/mol. The van der Waals surface area contributed by atoms with Gasteiger partial charge in [0.05, 0.1) is 12.8 Å². The number of benzene rings is 2. The molecule has 0 amide bonds. The molecule has 0 aliphatic carbocycles. The average Bonchev–Trinajstić information content (AvgIpc) is 3.17. The standard InChI is InChI=1S/C22H20ClN3O3/c1-2-28-21(27)18-13-24-22(26-12-11-16-5-3-4-6-19(16)26)25-20(18)29-14-15-7-9-17(23)10-8-15/h3-10,13H,2,11-12,14H2,1H3. The number of nitrogens with zero attached hydrogens (tertiary/aromatic N) is 3. The summed E-state index contributed by atoms with van der Waals surface area (Å²) < 4.78 is 11.0. The van der Waals surface area contributed by atoms with E-state index < -0.39 is 5.97 Å². The van der Waals surface area contributed by atoms with Gasteiger partial charge in [0.2, 0.25) is 11.8 Å². The van der Waals surface area contributed by atoms with Gasteiger partial charge in [0.25, 0.3) is 0 Å². The van der Waals surface area contributed by atoms with Gasteiger partial charge in [-0.05, 0) is 42.7 Å². The van der Waals surface area contributed by atoms with Gasteiger partial charge in [0, 0.05) is 17.3 Å². The van der Waals surface area contributed by atoms with Crippen LogP contribution in [0.15, 0.2) is 54.7 Å². The van der Waals surface area contributed by atoms with E-state index in [2.05, 4.69) is 16.0 Å². The van der Waals surface area contributed by atoms with Gasteiger partial charge in [-0.1, -0.05) is 41.9 Å². The van der Waals surface area contributed by atoms with Gasteiger partial charge in [-0.15, -0.1) is 0 Å². The zero-order valence-electron chi connectivity index (χ0n) is 16.0. The van der Waals surface area contributed by atoms with E-state index >= 15 is 0 Å². The number of esters is 1. The van der Waals surface area contributed by atoms with Gasteiger partial charge in [0.1, 0.15) is 12.2 Å². The lowest BCUT2D eigenvalue weighted by Crippen LogP contribution is -2.18. The van der Waals surface area contributed by atoms with E-state index in [0.29, 0.717) is 11.0 Å². The number of rotatable bonds is 6. The van der Waals surface area contributed by atoms with E-state index in [4.69, 9.17) is 21.1 Å². The zero-order valence-corrected chi connectivity index (χ0v) is 16.7. The van der Waals surface area contributed by atoms with Crippen molar-refractivity contribution in [3.63, 3.8) is 0 Å². The minimum Gasteiger partial charge on any atom is -0.472 e. The highest BCUT2D eigenvalue weighted by Crippen LogP contribution is 2.33. The molecule has 0 spiro atoms. The van der Waals surface area contributed by atoms with E-state index in [1.54, 1.807) is 19.1 Å². The molecule has 0 unspecified atom stereocenters. The zero-order chi connectivity index (χ0) is 20.2. The molecule has 1 aliphatic heterocycles. The van der Waals surface area contributed by atoms with Crippen molar-refractivity contribution in [2.45, 2.75) is 20.0 Å². The van der Waals surface area contributed by atoms with Crippen molar-refractivity contribution < 1.29 is 14.3 Å². The molecular formula is C22H20ClN3O3. The molecule has 148 valence electrons. The van der Waals surface area contributed by atoms with Gasteiger partial charge in [-0.3, -0.25) is 0 Å². The maximum atomic E-state index is 12.3. The number of aromatic nitrogens is 2. The Hall–Kier alpha value is -3.12. The number of hydrogen-bond donors (Lipinski definition) is 0. The van der Waals surface area contributed by atoms with E-state index in [-0.39, 0.29) is 24.7 Å². The van der Waals surface area contributed by atoms with Crippen molar-refractivity contribution in [3.05, 3.63) is 76.4 Å².